The highest BCUT2D eigenvalue weighted by atomic mass is 28.3. The van der Waals surface area contributed by atoms with Crippen LogP contribution in [-0.4, -0.2) is 8.07 Å². The number of nitrogens with zero attached hydrogens (tertiary/aromatic N) is 1. The van der Waals surface area contributed by atoms with Crippen LogP contribution in [0.5, 0.6) is 0 Å². The molecule has 0 spiro atoms. The lowest BCUT2D eigenvalue weighted by atomic mass is 9.89. The van der Waals surface area contributed by atoms with Crippen LogP contribution in [0.15, 0.2) is 188 Å². The molecule has 1 aliphatic heterocycles. The second-order valence-electron chi connectivity index (χ2n) is 14.3. The van der Waals surface area contributed by atoms with Crippen molar-refractivity contribution >= 4 is 62.7 Å². The normalized spacial score (nSPS) is 15.8. The molecule has 244 valence electrons. The first-order valence-corrected chi connectivity index (χ1v) is 20.4. The Morgan fingerprint density at radius 1 is 0.519 bits per heavy atom. The van der Waals surface area contributed by atoms with E-state index in [0.29, 0.717) is 0 Å². The molecule has 1 atom stereocenters. The Balaban J connectivity index is 1.25. The van der Waals surface area contributed by atoms with E-state index in [1.165, 1.54) is 87.5 Å². The fourth-order valence-electron chi connectivity index (χ4n) is 9.80. The summed E-state index contributed by atoms with van der Waals surface area (Å²) in [6.45, 7) is 0. The summed E-state index contributed by atoms with van der Waals surface area (Å²) in [7, 11) is -2.83. The van der Waals surface area contributed by atoms with Gasteiger partial charge in [0, 0.05) is 23.0 Å². The maximum Gasteiger partial charge on any atom is 0.184 e. The van der Waals surface area contributed by atoms with Gasteiger partial charge in [-0.15, -0.1) is 0 Å². The predicted molar refractivity (Wildman–Crippen MR) is 221 cm³/mol. The van der Waals surface area contributed by atoms with Crippen LogP contribution in [0.4, 0.5) is 17.1 Å². The minimum absolute atomic E-state index is 0.220. The number of hydrogen-bond acceptors (Lipinski definition) is 1. The second kappa shape index (κ2) is 11.4. The van der Waals surface area contributed by atoms with Gasteiger partial charge in [-0.3, -0.25) is 0 Å². The molecule has 1 nitrogen and oxygen atoms in total. The summed E-state index contributed by atoms with van der Waals surface area (Å²) >= 11 is 0. The number of benzene rings is 8. The minimum Gasteiger partial charge on any atom is -0.311 e. The molecule has 1 heterocycles. The summed E-state index contributed by atoms with van der Waals surface area (Å²) < 4.78 is 0. The molecular formula is C50H35NSi. The fourth-order valence-corrected chi connectivity index (χ4v) is 15.2. The second-order valence-corrected chi connectivity index (χ2v) is 18.0. The number of rotatable bonds is 4. The molecule has 0 amide bonds. The first-order valence-electron chi connectivity index (χ1n) is 18.4. The van der Waals surface area contributed by atoms with Crippen LogP contribution < -0.4 is 25.6 Å². The number of anilines is 3. The predicted octanol–water partition coefficient (Wildman–Crippen LogP) is 9.73. The molecule has 0 fully saturated rings. The summed E-state index contributed by atoms with van der Waals surface area (Å²) in [6.07, 6.45) is 5.62. The number of allylic oxidation sites excluding steroid dienone is 1. The van der Waals surface area contributed by atoms with E-state index < -0.39 is 8.07 Å². The standard InChI is InChI=1S/C50H35NSi/c1-4-16-35(17-5-1)49-41-26-11-10-25-40(41)44-33-37(30-31-42(44)49)51-45-28-12-13-29-47(45)52(38-21-6-2-7-22-38,39-23-8-3-9-24-39)50-43-27-15-19-34-18-14-20-36(48(34)43)32-46(50)51/h1-26,28-33,49H,27H2. The highest BCUT2D eigenvalue weighted by molar-refractivity contribution is 7.21. The van der Waals surface area contributed by atoms with Crippen LogP contribution >= 0.6 is 0 Å². The van der Waals surface area contributed by atoms with Crippen LogP contribution in [0.2, 0.25) is 0 Å². The van der Waals surface area contributed by atoms with E-state index in [1.54, 1.807) is 0 Å². The van der Waals surface area contributed by atoms with Crippen molar-refractivity contribution in [1.29, 1.82) is 0 Å². The third kappa shape index (κ3) is 4.04. The van der Waals surface area contributed by atoms with Gasteiger partial charge >= 0.3 is 0 Å². The molecule has 8 aromatic carbocycles. The van der Waals surface area contributed by atoms with Gasteiger partial charge in [-0.05, 0) is 101 Å². The lowest BCUT2D eigenvalue weighted by molar-refractivity contribution is 1.01. The van der Waals surface area contributed by atoms with Crippen LogP contribution in [0.25, 0.3) is 28.0 Å². The summed E-state index contributed by atoms with van der Waals surface area (Å²) in [5, 5.41) is 8.50. The molecule has 0 saturated carbocycles. The smallest absolute Gasteiger partial charge is 0.184 e. The summed E-state index contributed by atoms with van der Waals surface area (Å²) in [5.41, 5.74) is 13.3. The Hall–Kier alpha value is -6.22. The van der Waals surface area contributed by atoms with E-state index in [-0.39, 0.29) is 5.92 Å². The van der Waals surface area contributed by atoms with Gasteiger partial charge in [0.05, 0.1) is 0 Å². The zero-order valence-electron chi connectivity index (χ0n) is 28.7. The number of hydrogen-bond donors (Lipinski definition) is 0. The van der Waals surface area contributed by atoms with Gasteiger partial charge in [-0.1, -0.05) is 170 Å². The lowest BCUT2D eigenvalue weighted by Gasteiger charge is -2.46. The van der Waals surface area contributed by atoms with E-state index in [0.717, 1.165) is 6.42 Å². The first-order chi connectivity index (χ1) is 25.8. The lowest BCUT2D eigenvalue weighted by Crippen LogP contribution is -2.77. The van der Waals surface area contributed by atoms with Crippen LogP contribution in [0.1, 0.15) is 33.7 Å². The summed E-state index contributed by atoms with van der Waals surface area (Å²) in [6, 6.07) is 68.8. The van der Waals surface area contributed by atoms with Crippen molar-refractivity contribution in [2.45, 2.75) is 12.3 Å². The first kappa shape index (κ1) is 29.5. The van der Waals surface area contributed by atoms with E-state index in [2.05, 4.69) is 199 Å². The van der Waals surface area contributed by atoms with Gasteiger partial charge < -0.3 is 4.90 Å². The van der Waals surface area contributed by atoms with E-state index in [4.69, 9.17) is 0 Å². The molecule has 1 unspecified atom stereocenters. The molecule has 0 N–H and O–H groups in total. The molecule has 0 bridgehead atoms. The fraction of sp³-hybridized carbons (Fsp3) is 0.0400. The zero-order valence-corrected chi connectivity index (χ0v) is 29.7. The average Bonchev–Trinajstić information content (AvgIpc) is 3.55. The van der Waals surface area contributed by atoms with Gasteiger partial charge in [0.2, 0.25) is 0 Å². The van der Waals surface area contributed by atoms with Crippen LogP contribution in [-0.2, 0) is 6.42 Å². The minimum atomic E-state index is -2.83. The van der Waals surface area contributed by atoms with Gasteiger partial charge in [0.25, 0.3) is 0 Å². The highest BCUT2D eigenvalue weighted by Gasteiger charge is 2.50. The van der Waals surface area contributed by atoms with Crippen molar-refractivity contribution in [3.8, 4) is 11.1 Å². The van der Waals surface area contributed by atoms with Gasteiger partial charge in [0.15, 0.2) is 8.07 Å². The molecule has 0 saturated heterocycles. The quantitative estimate of drug-likeness (QED) is 0.168. The van der Waals surface area contributed by atoms with E-state index in [1.807, 2.05) is 0 Å². The molecule has 2 aliphatic carbocycles. The van der Waals surface area contributed by atoms with E-state index in [9.17, 15) is 0 Å². The average molecular weight is 678 g/mol. The molecule has 8 aromatic rings. The molecule has 0 radical (unpaired) electrons. The van der Waals surface area contributed by atoms with Gasteiger partial charge in [0.1, 0.15) is 0 Å². The van der Waals surface area contributed by atoms with E-state index >= 15 is 0 Å². The monoisotopic (exact) mass is 677 g/mol. The molecule has 3 aliphatic rings. The van der Waals surface area contributed by atoms with Crippen molar-refractivity contribution < 1.29 is 0 Å². The van der Waals surface area contributed by atoms with Crippen molar-refractivity contribution in [3.63, 3.8) is 0 Å². The van der Waals surface area contributed by atoms with Crippen LogP contribution in [0.3, 0.4) is 0 Å². The topological polar surface area (TPSA) is 3.24 Å². The maximum absolute atomic E-state index is 2.83. The number of para-hydroxylation sites is 1. The maximum atomic E-state index is 2.60. The summed E-state index contributed by atoms with van der Waals surface area (Å²) in [4.78, 5) is 2.60. The molecule has 52 heavy (non-hydrogen) atoms. The molecule has 0 aromatic heterocycles. The Bertz CT molecular complexity index is 2670. The molecular weight excluding hydrogens is 643 g/mol. The van der Waals surface area contributed by atoms with Crippen molar-refractivity contribution in [2.75, 3.05) is 4.90 Å². The molecule has 2 heteroatoms. The van der Waals surface area contributed by atoms with Gasteiger partial charge in [-0.25, -0.2) is 0 Å². The largest absolute Gasteiger partial charge is 0.311 e. The Morgan fingerprint density at radius 3 is 1.98 bits per heavy atom. The Morgan fingerprint density at radius 2 is 1.19 bits per heavy atom. The van der Waals surface area contributed by atoms with Crippen molar-refractivity contribution in [1.82, 2.24) is 0 Å². The highest BCUT2D eigenvalue weighted by Crippen LogP contribution is 2.51. The van der Waals surface area contributed by atoms with Crippen LogP contribution in [0, 0.1) is 0 Å². The SMILES string of the molecule is C1=Cc2cccc3cc4c(c(c23)C1)[Si](c1ccccc1)(c1ccccc1)c1ccccc1N4c1ccc2c(c1)-c1ccccc1C2c1ccccc1. The Kier molecular flexibility index (Phi) is 6.47. The summed E-state index contributed by atoms with van der Waals surface area (Å²) in [5.74, 6) is 0.220. The van der Waals surface area contributed by atoms with Crippen molar-refractivity contribution in [2.24, 2.45) is 0 Å². The third-order valence-corrected chi connectivity index (χ3v) is 16.7. The Labute approximate surface area is 305 Å². The zero-order chi connectivity index (χ0) is 34.2. The van der Waals surface area contributed by atoms with Gasteiger partial charge in [-0.2, -0.15) is 0 Å². The molecule has 11 rings (SSSR count). The number of fused-ring (bicyclic) bond motifs is 6. The third-order valence-electron chi connectivity index (χ3n) is 11.8. The van der Waals surface area contributed by atoms with Crippen molar-refractivity contribution in [3.05, 3.63) is 216 Å².